The Labute approximate surface area is 628 Å². The Morgan fingerprint density at radius 1 is 0.880 bits per heavy atom. The number of fused-ring (bicyclic) bond motifs is 4. The molecule has 4 aromatic rings. The molecule has 1 aliphatic rings. The van der Waals surface area contributed by atoms with Gasteiger partial charge in [-0.2, -0.15) is 19.9 Å². The molecule has 0 unspecified atom stereocenters. The van der Waals surface area contributed by atoms with E-state index < -0.39 is 45.0 Å². The number of aromatic nitrogens is 4. The summed E-state index contributed by atoms with van der Waals surface area (Å²) in [5, 5.41) is 23.6. The predicted molar refractivity (Wildman–Crippen MR) is 295 cm³/mol. The number of amides is 2. The number of nitrogen functional groups attached to an aromatic ring is 2. The van der Waals surface area contributed by atoms with Crippen LogP contribution in [-0.4, -0.2) is 290 Å². The summed E-state index contributed by atoms with van der Waals surface area (Å²) in [4.78, 5) is 65.3. The number of hydrogen-bond acceptors (Lipinski definition) is 18. The van der Waals surface area contributed by atoms with Crippen LogP contribution in [0.4, 0.5) is 44.2 Å². The molecule has 2 aromatic heterocycles. The zero-order valence-corrected chi connectivity index (χ0v) is 67.3. The van der Waals surface area contributed by atoms with Crippen LogP contribution in [0.25, 0.3) is 0 Å². The molecule has 5 rings (SSSR count). The maximum absolute atomic E-state index is 12.7. The summed E-state index contributed by atoms with van der Waals surface area (Å²) in [6.45, 7) is 11.8. The molecule has 75 heavy (non-hydrogen) atoms. The fourth-order valence-corrected chi connectivity index (χ4v) is 5.70. The third-order valence-electron chi connectivity index (χ3n) is 8.59. The van der Waals surface area contributed by atoms with E-state index in [2.05, 4.69) is 33.1 Å². The van der Waals surface area contributed by atoms with Crippen LogP contribution < -0.4 is 91.6 Å². The van der Waals surface area contributed by atoms with Crippen LogP contribution in [0.5, 0.6) is 23.5 Å². The summed E-state index contributed by atoms with van der Waals surface area (Å²) in [5.74, 6) is -0.100. The standard InChI is InChI=1S/C22H27N5O6.C20H23N5O6.CH2Cl2.CH4.7K.H/c1-4-7-14-33-21-24-19(23)18(27(29)30)20(25-21)26(22(28)31-6-3)12-11-16-9-8-10-17(15-16)32-13-5-2;1-2-29-20(26)24-10-9-14-7-6-8-15(13-14)30-11-4-3-5-12-31-19-22-17(21)16(25(27)28)18(24)23-19;2-1-3;;;;;;;;;/h4-5,8-10,15H,1-2,6-7,11-14H2,3H3,(H2,23,24,25);3-4,6-8,13H,2,5,9-12H2,1H3,(H2,21,22,23);1H2;1H4;;;;;;;;/q;;;;;;;;;;+1;-1/b;4-3+;;;;;;;;;;. The first-order valence-corrected chi connectivity index (χ1v) is 72.6. The first-order valence-electron chi connectivity index (χ1n) is 23.5. The predicted octanol–water partition coefficient (Wildman–Crippen LogP) is 3.47. The molecule has 0 spiro atoms. The number of hydrogen-bond donors (Lipinski definition) is 2. The second-order valence-electron chi connectivity index (χ2n) is 13.2. The van der Waals surface area contributed by atoms with Gasteiger partial charge >= 0.3 is 276 Å². The minimum atomic E-state index is -0.810. The van der Waals surface area contributed by atoms with Gasteiger partial charge in [0.05, 0.1) is 41.6 Å². The summed E-state index contributed by atoms with van der Waals surface area (Å²) in [7, 11) is 0. The van der Waals surface area contributed by atoms with Crippen LogP contribution in [0.1, 0.15) is 46.7 Å². The van der Waals surface area contributed by atoms with Gasteiger partial charge in [-0.25, -0.2) is 9.59 Å². The minimum absolute atomic E-state index is 0. The van der Waals surface area contributed by atoms with E-state index in [1.165, 1.54) is 189 Å². The number of carbonyl (C=O) groups excluding carboxylic acids is 2. The number of anilines is 4. The van der Waals surface area contributed by atoms with E-state index in [9.17, 15) is 29.8 Å². The fraction of sp³-hybridized carbons (Fsp3) is 0.364. The number of benzene rings is 2. The first kappa shape index (κ1) is 83.2. The van der Waals surface area contributed by atoms with Gasteiger partial charge in [-0.15, -0.1) is 29.8 Å². The van der Waals surface area contributed by atoms with Gasteiger partial charge in [-0.05, 0) is 74.9 Å². The fourth-order valence-electron chi connectivity index (χ4n) is 5.70. The zero-order chi connectivity index (χ0) is 55.1. The summed E-state index contributed by atoms with van der Waals surface area (Å²) in [5.41, 5.74) is 12.1. The molecular formula is C44H57Cl2K7N10O12. The average molecular weight is 1260 g/mol. The van der Waals surface area contributed by atoms with Crippen LogP contribution in [0.15, 0.2) is 86.0 Å². The van der Waals surface area contributed by atoms with Crippen molar-refractivity contribution in [3.63, 3.8) is 0 Å². The van der Waals surface area contributed by atoms with E-state index in [4.69, 9.17) is 63.1 Å². The zero-order valence-electron chi connectivity index (χ0n) is 44.9. The third kappa shape index (κ3) is 34.1. The van der Waals surface area contributed by atoms with Crippen molar-refractivity contribution in [3.05, 3.63) is 117 Å². The number of halogens is 2. The van der Waals surface area contributed by atoms with Crippen LogP contribution in [-0.2, 0) is 22.3 Å². The molecule has 22 nitrogen and oxygen atoms in total. The molecule has 4 bridgehead atoms. The monoisotopic (exact) mass is 1260 g/mol. The van der Waals surface area contributed by atoms with E-state index in [0.717, 1.165) is 20.9 Å². The normalized spacial score (nSPS) is 11.4. The van der Waals surface area contributed by atoms with Crippen LogP contribution in [0, 0.1) is 20.2 Å². The van der Waals surface area contributed by atoms with Crippen molar-refractivity contribution in [3.8, 4) is 23.5 Å². The summed E-state index contributed by atoms with van der Waals surface area (Å²) in [6.07, 6.45) is 7.12. The SMILES string of the molecule is C.C=CCCOc1nc(N)c([N+](=O)[O-])c(N(CCc2cccc(OCC=C)c2)C(=O)OCC)n1.CCOC(=O)N1CCc2cccc(c2)OC/C=C/CCOc2nc(N)c([N+](=O)[O-])c1n2.ClCCl.[H-].[K+].[K][K].[K][K].[K][K]. The van der Waals surface area contributed by atoms with Gasteiger partial charge in [0.1, 0.15) is 24.7 Å². The molecule has 2 amide bonds. The number of rotatable bonds is 15. The number of nitro groups is 2. The van der Waals surface area contributed by atoms with Gasteiger partial charge in [0, 0.05) is 13.1 Å². The summed E-state index contributed by atoms with van der Waals surface area (Å²) in [6, 6.07) is 14.3. The number of ether oxygens (including phenoxy) is 6. The molecule has 376 valence electrons. The van der Waals surface area contributed by atoms with Gasteiger partial charge in [0.25, 0.3) is 0 Å². The van der Waals surface area contributed by atoms with E-state index in [0.29, 0.717) is 50.4 Å². The first-order chi connectivity index (χ1) is 35.3. The van der Waals surface area contributed by atoms with Crippen LogP contribution >= 0.6 is 23.2 Å². The Hall–Kier alpha value is 3.99. The topological polar surface area (TPSA) is 286 Å². The van der Waals surface area contributed by atoms with Gasteiger partial charge < -0.3 is 41.3 Å². The number of nitrogens with zero attached hydrogens (tertiary/aromatic N) is 8. The van der Waals surface area contributed by atoms with Gasteiger partial charge in [-0.1, -0.05) is 62.6 Å². The molecule has 0 radical (unpaired) electrons. The third-order valence-corrected chi connectivity index (χ3v) is 8.59. The molecule has 0 atom stereocenters. The van der Waals surface area contributed by atoms with Crippen molar-refractivity contribution in [2.45, 2.75) is 47.0 Å². The Morgan fingerprint density at radius 2 is 1.52 bits per heavy atom. The van der Waals surface area contributed by atoms with Crippen LogP contribution in [0.3, 0.4) is 0 Å². The quantitative estimate of drug-likeness (QED) is 0.0430. The van der Waals surface area contributed by atoms with Crippen molar-refractivity contribution in [1.82, 2.24) is 19.9 Å². The molecule has 0 fully saturated rings. The van der Waals surface area contributed by atoms with Gasteiger partial charge in [-0.3, -0.25) is 30.0 Å². The maximum atomic E-state index is 12.7. The van der Waals surface area contributed by atoms with E-state index >= 15 is 0 Å². The van der Waals surface area contributed by atoms with Gasteiger partial charge in [0.2, 0.25) is 23.3 Å². The van der Waals surface area contributed by atoms with Crippen molar-refractivity contribution in [2.75, 3.05) is 79.3 Å². The second-order valence-corrected chi connectivity index (χ2v) is 14.0. The molecule has 1 aliphatic heterocycles. The Morgan fingerprint density at radius 3 is 2.13 bits per heavy atom. The van der Waals surface area contributed by atoms with Crippen molar-refractivity contribution >= 4 is 259 Å². The van der Waals surface area contributed by atoms with Crippen molar-refractivity contribution in [1.29, 1.82) is 0 Å². The average Bonchev–Trinajstić information content (AvgIpc) is 3.37. The molecule has 2 aromatic carbocycles. The number of nitrogens with two attached hydrogens (primary N) is 2. The summed E-state index contributed by atoms with van der Waals surface area (Å²) >= 11 is 17.0. The molecule has 0 saturated carbocycles. The van der Waals surface area contributed by atoms with E-state index in [1.54, 1.807) is 44.2 Å². The van der Waals surface area contributed by atoms with E-state index in [-0.39, 0.29) is 129 Å². The number of carbonyl (C=O) groups is 2. The van der Waals surface area contributed by atoms with Crippen molar-refractivity contribution < 1.29 is 101 Å². The van der Waals surface area contributed by atoms with Gasteiger partial charge in [0.15, 0.2) is 0 Å². The molecule has 0 saturated heterocycles. The van der Waals surface area contributed by atoms with Crippen LogP contribution in [0.2, 0.25) is 0 Å². The molecule has 0 aliphatic carbocycles. The molecule has 3 heterocycles. The summed E-state index contributed by atoms with van der Waals surface area (Å²) < 4.78 is 32.3. The molecule has 31 heteroatoms. The molecular weight excluding hydrogens is 1210 g/mol. The Kier molecular flexibility index (Phi) is 59.3. The number of alkyl halides is 2. The van der Waals surface area contributed by atoms with Crippen molar-refractivity contribution in [2.24, 2.45) is 0 Å². The molecule has 4 N–H and O–H groups in total. The second kappa shape index (κ2) is 53.5. The Balaban J connectivity index is -0.000000573. The van der Waals surface area contributed by atoms with E-state index in [1.807, 2.05) is 42.5 Å². The Bertz CT molecular complexity index is 2370.